The Kier molecular flexibility index (Phi) is 8.52. The van der Waals surface area contributed by atoms with Crippen molar-refractivity contribution < 1.29 is 41.8 Å². The van der Waals surface area contributed by atoms with Gasteiger partial charge in [0, 0.05) is 30.9 Å². The first-order valence-electron chi connectivity index (χ1n) is 14.9. The lowest BCUT2D eigenvalue weighted by Crippen LogP contribution is -2.59. The molecule has 2 heterocycles. The highest BCUT2D eigenvalue weighted by atomic mass is 19.4. The number of amides is 3. The number of hydrogen-bond donors (Lipinski definition) is 2. The van der Waals surface area contributed by atoms with Gasteiger partial charge >= 0.3 is 12.1 Å². The van der Waals surface area contributed by atoms with Gasteiger partial charge in [-0.05, 0) is 74.6 Å². The number of aliphatic carboxylic acids is 1. The molecule has 5 rings (SSSR count). The summed E-state index contributed by atoms with van der Waals surface area (Å²) in [5, 5.41) is 11.8. The molecule has 2 saturated heterocycles. The molecule has 44 heavy (non-hydrogen) atoms. The van der Waals surface area contributed by atoms with E-state index in [1.165, 1.54) is 4.90 Å². The number of benzene rings is 1. The Hall–Kier alpha value is -3.90. The molecule has 1 atom stereocenters. The van der Waals surface area contributed by atoms with Crippen molar-refractivity contribution in [3.63, 3.8) is 0 Å². The number of halogens is 4. The monoisotopic (exact) mass is 620 g/mol. The van der Waals surface area contributed by atoms with E-state index in [0.29, 0.717) is 68.6 Å². The number of carboxylic acid groups (broad SMARTS) is 1. The van der Waals surface area contributed by atoms with Gasteiger partial charge in [-0.1, -0.05) is 19.9 Å². The van der Waals surface area contributed by atoms with Crippen LogP contribution in [0.2, 0.25) is 0 Å². The summed E-state index contributed by atoms with van der Waals surface area (Å²) in [6.07, 6.45) is 2.14. The van der Waals surface area contributed by atoms with E-state index in [-0.39, 0.29) is 19.0 Å². The molecule has 0 radical (unpaired) electrons. The van der Waals surface area contributed by atoms with Gasteiger partial charge in [0.2, 0.25) is 11.8 Å². The standard InChI is InChI=1S/C31H36F4N4O5/c1-18(2)25(36-26(40)23-15-21(31(33,34)35)7-10-24(23)32)27(41)37-13-11-30(12-14-37)29(44)38(16-19-3-4-19)17-39(30)22-8-5-20(6-9-22)28(42)43/h5,7-8,10,15,18-19,25H,3-4,6,9,11-14,16-17H2,1-2H3,(H,36,40)(H,42,43)/t25-/m1/s1. The summed E-state index contributed by atoms with van der Waals surface area (Å²) < 4.78 is 53.9. The van der Waals surface area contributed by atoms with E-state index in [9.17, 15) is 41.8 Å². The average Bonchev–Trinajstić information content (AvgIpc) is 3.76. The third-order valence-corrected chi connectivity index (χ3v) is 9.10. The van der Waals surface area contributed by atoms with Gasteiger partial charge in [0.25, 0.3) is 5.91 Å². The van der Waals surface area contributed by atoms with Crippen molar-refractivity contribution in [3.8, 4) is 0 Å². The van der Waals surface area contributed by atoms with E-state index in [2.05, 4.69) is 10.2 Å². The van der Waals surface area contributed by atoms with Crippen molar-refractivity contribution in [2.75, 3.05) is 26.3 Å². The minimum atomic E-state index is -4.78. The molecular weight excluding hydrogens is 584 g/mol. The van der Waals surface area contributed by atoms with Crippen molar-refractivity contribution in [3.05, 3.63) is 58.6 Å². The Bertz CT molecular complexity index is 1410. The minimum Gasteiger partial charge on any atom is -0.478 e. The van der Waals surface area contributed by atoms with E-state index in [1.807, 2.05) is 4.90 Å². The molecule has 1 spiro atoms. The zero-order valence-corrected chi connectivity index (χ0v) is 24.6. The van der Waals surface area contributed by atoms with Gasteiger partial charge < -0.3 is 25.1 Å². The molecule has 0 unspecified atom stereocenters. The Balaban J connectivity index is 1.32. The van der Waals surface area contributed by atoms with Crippen LogP contribution in [0.15, 0.2) is 41.6 Å². The number of carbonyl (C=O) groups excluding carboxylic acids is 3. The molecule has 238 valence electrons. The highest BCUT2D eigenvalue weighted by molar-refractivity contribution is 5.98. The van der Waals surface area contributed by atoms with E-state index in [0.717, 1.165) is 18.5 Å². The fourth-order valence-corrected chi connectivity index (χ4v) is 6.31. The maximum atomic E-state index is 14.4. The number of nitrogens with zero attached hydrogens (tertiary/aromatic N) is 3. The van der Waals surface area contributed by atoms with Gasteiger partial charge in [0.1, 0.15) is 17.4 Å². The first-order valence-corrected chi connectivity index (χ1v) is 14.9. The molecule has 2 aliphatic carbocycles. The summed E-state index contributed by atoms with van der Waals surface area (Å²) in [6, 6.07) is 0.419. The number of rotatable bonds is 8. The minimum absolute atomic E-state index is 0.0147. The van der Waals surface area contributed by atoms with Crippen LogP contribution < -0.4 is 5.32 Å². The van der Waals surface area contributed by atoms with Crippen LogP contribution in [0.25, 0.3) is 0 Å². The summed E-state index contributed by atoms with van der Waals surface area (Å²) >= 11 is 0. The number of carboxylic acids is 1. The second-order valence-corrected chi connectivity index (χ2v) is 12.4. The fourth-order valence-electron chi connectivity index (χ4n) is 6.31. The van der Waals surface area contributed by atoms with Crippen LogP contribution in [0, 0.1) is 17.7 Å². The summed E-state index contributed by atoms with van der Waals surface area (Å²) in [4.78, 5) is 57.3. The molecule has 0 aromatic heterocycles. The van der Waals surface area contributed by atoms with Crippen LogP contribution >= 0.6 is 0 Å². The smallest absolute Gasteiger partial charge is 0.416 e. The van der Waals surface area contributed by atoms with Gasteiger partial charge in [-0.25, -0.2) is 9.18 Å². The largest absolute Gasteiger partial charge is 0.478 e. The predicted molar refractivity (Wildman–Crippen MR) is 150 cm³/mol. The second kappa shape index (κ2) is 11.9. The summed E-state index contributed by atoms with van der Waals surface area (Å²) in [5.74, 6) is -3.71. The van der Waals surface area contributed by atoms with Gasteiger partial charge in [-0.15, -0.1) is 0 Å². The van der Waals surface area contributed by atoms with Crippen molar-refractivity contribution in [2.24, 2.45) is 11.8 Å². The number of likely N-dealkylation sites (tertiary alicyclic amines) is 1. The topological polar surface area (TPSA) is 110 Å². The first-order chi connectivity index (χ1) is 20.7. The van der Waals surface area contributed by atoms with Crippen molar-refractivity contribution in [1.29, 1.82) is 0 Å². The molecule has 1 aromatic carbocycles. The van der Waals surface area contributed by atoms with E-state index in [4.69, 9.17) is 0 Å². The average molecular weight is 621 g/mol. The van der Waals surface area contributed by atoms with Gasteiger partial charge in [0.15, 0.2) is 0 Å². The fraction of sp³-hybridized carbons (Fsp3) is 0.548. The van der Waals surface area contributed by atoms with Crippen molar-refractivity contribution in [1.82, 2.24) is 20.0 Å². The quantitative estimate of drug-likeness (QED) is 0.423. The van der Waals surface area contributed by atoms with E-state index < -0.39 is 58.4 Å². The number of allylic oxidation sites excluding steroid dienone is 3. The van der Waals surface area contributed by atoms with Gasteiger partial charge in [-0.2, -0.15) is 13.2 Å². The third-order valence-electron chi connectivity index (χ3n) is 9.10. The summed E-state index contributed by atoms with van der Waals surface area (Å²) in [6.45, 7) is 4.76. The van der Waals surface area contributed by atoms with Crippen molar-refractivity contribution in [2.45, 2.75) is 70.1 Å². The lowest BCUT2D eigenvalue weighted by Gasteiger charge is -2.45. The molecule has 2 aliphatic heterocycles. The molecule has 1 aromatic rings. The van der Waals surface area contributed by atoms with Crippen molar-refractivity contribution >= 4 is 23.7 Å². The van der Waals surface area contributed by atoms with Crippen LogP contribution in [-0.4, -0.2) is 81.4 Å². The van der Waals surface area contributed by atoms with Crippen LogP contribution in [0.4, 0.5) is 17.6 Å². The molecule has 3 fully saturated rings. The molecule has 1 saturated carbocycles. The second-order valence-electron chi connectivity index (χ2n) is 12.4. The Labute approximate surface area is 252 Å². The van der Waals surface area contributed by atoms with Crippen LogP contribution in [0.5, 0.6) is 0 Å². The highest BCUT2D eigenvalue weighted by Gasteiger charge is 2.55. The molecule has 13 heteroatoms. The molecule has 3 amide bonds. The molecular formula is C31H36F4N4O5. The number of nitrogens with one attached hydrogen (secondary N) is 1. The van der Waals surface area contributed by atoms with Gasteiger partial charge in [0.05, 0.1) is 17.8 Å². The van der Waals surface area contributed by atoms with Crippen LogP contribution in [-0.2, 0) is 20.6 Å². The number of alkyl halides is 3. The highest BCUT2D eigenvalue weighted by Crippen LogP contribution is 2.43. The predicted octanol–water partition coefficient (Wildman–Crippen LogP) is 4.16. The Morgan fingerprint density at radius 2 is 1.77 bits per heavy atom. The lowest BCUT2D eigenvalue weighted by molar-refractivity contribution is -0.142. The number of hydrogen-bond acceptors (Lipinski definition) is 5. The Morgan fingerprint density at radius 1 is 1.09 bits per heavy atom. The van der Waals surface area contributed by atoms with E-state index in [1.54, 1.807) is 26.0 Å². The number of piperidine rings is 1. The summed E-state index contributed by atoms with van der Waals surface area (Å²) in [5.41, 5.74) is -1.71. The first kappa shape index (κ1) is 31.5. The molecule has 0 bridgehead atoms. The van der Waals surface area contributed by atoms with Crippen LogP contribution in [0.1, 0.15) is 68.3 Å². The van der Waals surface area contributed by atoms with Crippen LogP contribution in [0.3, 0.4) is 0 Å². The third kappa shape index (κ3) is 6.18. The number of carbonyl (C=O) groups is 4. The van der Waals surface area contributed by atoms with Gasteiger partial charge in [-0.3, -0.25) is 14.4 Å². The normalized spacial score (nSPS) is 21.0. The molecule has 2 N–H and O–H groups in total. The molecule has 9 nitrogen and oxygen atoms in total. The zero-order chi connectivity index (χ0) is 32.0. The van der Waals surface area contributed by atoms with E-state index >= 15 is 0 Å². The maximum Gasteiger partial charge on any atom is 0.416 e. The Morgan fingerprint density at radius 3 is 2.32 bits per heavy atom. The maximum absolute atomic E-state index is 14.4. The molecule has 4 aliphatic rings. The lowest BCUT2D eigenvalue weighted by atomic mass is 9.84. The summed E-state index contributed by atoms with van der Waals surface area (Å²) in [7, 11) is 0. The zero-order valence-electron chi connectivity index (χ0n) is 24.6. The SMILES string of the molecule is CC(C)[C@@H](NC(=O)c1cc(C(F)(F)F)ccc1F)C(=O)N1CCC2(CC1)C(=O)N(CC1CC1)CN2C1=CC=C(C(=O)O)CC1.